The van der Waals surface area contributed by atoms with Crippen LogP contribution in [0.3, 0.4) is 0 Å². The number of hydrogen-bond acceptors (Lipinski definition) is 4. The average Bonchev–Trinajstić information content (AvgIpc) is 3.39. The first kappa shape index (κ1) is 22.0. The maximum Gasteiger partial charge on any atom is 0.220 e. The van der Waals surface area contributed by atoms with Crippen LogP contribution in [0, 0.1) is 5.82 Å². The Hall–Kier alpha value is -3.19. The second-order valence-corrected chi connectivity index (χ2v) is 8.46. The SMILES string of the molecule is COc1ccc(-c2nn(-c3ccccc3)cc2CN(CC2CCC(=O)N2)C(C)C)c(F)c1. The van der Waals surface area contributed by atoms with Gasteiger partial charge in [-0.1, -0.05) is 18.2 Å². The zero-order valence-corrected chi connectivity index (χ0v) is 18.7. The maximum absolute atomic E-state index is 15.0. The number of carbonyl (C=O) groups is 1. The first-order valence-corrected chi connectivity index (χ1v) is 11.0. The van der Waals surface area contributed by atoms with E-state index in [9.17, 15) is 9.18 Å². The number of aromatic nitrogens is 2. The number of benzene rings is 2. The summed E-state index contributed by atoms with van der Waals surface area (Å²) in [6, 6.07) is 15.0. The van der Waals surface area contributed by atoms with Crippen LogP contribution in [0.4, 0.5) is 4.39 Å². The molecule has 0 spiro atoms. The monoisotopic (exact) mass is 436 g/mol. The van der Waals surface area contributed by atoms with Gasteiger partial charge in [0.15, 0.2) is 0 Å². The average molecular weight is 437 g/mol. The summed E-state index contributed by atoms with van der Waals surface area (Å²) in [5.41, 5.74) is 2.88. The predicted molar refractivity (Wildman–Crippen MR) is 122 cm³/mol. The molecule has 1 saturated heterocycles. The molecule has 168 valence electrons. The number of para-hydroxylation sites is 1. The number of carbonyl (C=O) groups excluding carboxylic acids is 1. The molecule has 1 N–H and O–H groups in total. The van der Waals surface area contributed by atoms with E-state index in [0.29, 0.717) is 30.0 Å². The van der Waals surface area contributed by atoms with Gasteiger partial charge in [0.2, 0.25) is 5.91 Å². The Morgan fingerprint density at radius 1 is 1.25 bits per heavy atom. The van der Waals surface area contributed by atoms with Crippen molar-refractivity contribution in [2.24, 2.45) is 0 Å². The van der Waals surface area contributed by atoms with E-state index < -0.39 is 0 Å². The van der Waals surface area contributed by atoms with Crippen molar-refractivity contribution < 1.29 is 13.9 Å². The number of methoxy groups -OCH3 is 1. The number of halogens is 1. The summed E-state index contributed by atoms with van der Waals surface area (Å²) in [6.45, 7) is 5.60. The lowest BCUT2D eigenvalue weighted by Gasteiger charge is -2.29. The fraction of sp³-hybridized carbons (Fsp3) is 0.360. The molecule has 0 radical (unpaired) electrons. The molecule has 1 aliphatic heterocycles. The van der Waals surface area contributed by atoms with Gasteiger partial charge in [-0.25, -0.2) is 9.07 Å². The van der Waals surface area contributed by atoms with Crippen molar-refractivity contribution in [2.75, 3.05) is 13.7 Å². The molecule has 0 bridgehead atoms. The molecule has 6 nitrogen and oxygen atoms in total. The van der Waals surface area contributed by atoms with Crippen LogP contribution in [0.2, 0.25) is 0 Å². The molecule has 1 aromatic heterocycles. The lowest BCUT2D eigenvalue weighted by atomic mass is 10.1. The van der Waals surface area contributed by atoms with Crippen LogP contribution in [0.15, 0.2) is 54.7 Å². The normalized spacial score (nSPS) is 16.1. The largest absolute Gasteiger partial charge is 0.497 e. The van der Waals surface area contributed by atoms with E-state index in [4.69, 9.17) is 9.84 Å². The molecule has 1 aliphatic rings. The molecule has 1 unspecified atom stereocenters. The van der Waals surface area contributed by atoms with E-state index in [1.165, 1.54) is 13.2 Å². The number of amides is 1. The van der Waals surface area contributed by atoms with Gasteiger partial charge in [-0.3, -0.25) is 9.69 Å². The Kier molecular flexibility index (Phi) is 6.55. The van der Waals surface area contributed by atoms with Gasteiger partial charge in [-0.2, -0.15) is 5.10 Å². The van der Waals surface area contributed by atoms with Crippen LogP contribution >= 0.6 is 0 Å². The molecule has 2 aromatic carbocycles. The Labute approximate surface area is 188 Å². The van der Waals surface area contributed by atoms with Crippen molar-refractivity contribution in [3.8, 4) is 22.7 Å². The van der Waals surface area contributed by atoms with Crippen LogP contribution in [-0.4, -0.2) is 46.3 Å². The van der Waals surface area contributed by atoms with Gasteiger partial charge in [0.1, 0.15) is 17.3 Å². The molecular weight excluding hydrogens is 407 g/mol. The first-order chi connectivity index (χ1) is 15.4. The molecule has 4 rings (SSSR count). The Morgan fingerprint density at radius 2 is 2.03 bits per heavy atom. The summed E-state index contributed by atoms with van der Waals surface area (Å²) >= 11 is 0. The summed E-state index contributed by atoms with van der Waals surface area (Å²) in [5.74, 6) is 0.204. The Morgan fingerprint density at radius 3 is 2.66 bits per heavy atom. The van der Waals surface area contributed by atoms with E-state index in [0.717, 1.165) is 24.2 Å². The van der Waals surface area contributed by atoms with Gasteiger partial charge in [-0.15, -0.1) is 0 Å². The number of ether oxygens (including phenoxy) is 1. The molecule has 1 amide bonds. The van der Waals surface area contributed by atoms with E-state index in [1.54, 1.807) is 16.8 Å². The molecule has 32 heavy (non-hydrogen) atoms. The van der Waals surface area contributed by atoms with Crippen LogP contribution in [-0.2, 0) is 11.3 Å². The fourth-order valence-electron chi connectivity index (χ4n) is 4.05. The summed E-state index contributed by atoms with van der Waals surface area (Å²) in [7, 11) is 1.52. The maximum atomic E-state index is 15.0. The van der Waals surface area contributed by atoms with Gasteiger partial charge in [0.05, 0.1) is 12.8 Å². The summed E-state index contributed by atoms with van der Waals surface area (Å²) in [6.07, 6.45) is 3.38. The molecule has 1 fully saturated rings. The van der Waals surface area contributed by atoms with Crippen molar-refractivity contribution in [2.45, 2.75) is 45.3 Å². The summed E-state index contributed by atoms with van der Waals surface area (Å²) in [5, 5.41) is 7.81. The Bertz CT molecular complexity index is 1080. The Balaban J connectivity index is 1.70. The molecule has 2 heterocycles. The number of rotatable bonds is 8. The van der Waals surface area contributed by atoms with Gasteiger partial charge >= 0.3 is 0 Å². The van der Waals surface area contributed by atoms with Crippen LogP contribution < -0.4 is 10.1 Å². The molecule has 0 saturated carbocycles. The number of nitrogens with zero attached hydrogens (tertiary/aromatic N) is 3. The fourth-order valence-corrected chi connectivity index (χ4v) is 4.05. The van der Waals surface area contributed by atoms with E-state index in [2.05, 4.69) is 24.1 Å². The molecular formula is C25H29FN4O2. The quantitative estimate of drug-likeness (QED) is 0.576. The molecule has 1 atom stereocenters. The van der Waals surface area contributed by atoms with Gasteiger partial charge in [-0.05, 0) is 44.5 Å². The predicted octanol–water partition coefficient (Wildman–Crippen LogP) is 4.18. The lowest BCUT2D eigenvalue weighted by Crippen LogP contribution is -2.41. The van der Waals surface area contributed by atoms with Crippen LogP contribution in [0.5, 0.6) is 5.75 Å². The van der Waals surface area contributed by atoms with Crippen molar-refractivity contribution in [1.82, 2.24) is 20.0 Å². The van der Waals surface area contributed by atoms with Crippen molar-refractivity contribution in [3.63, 3.8) is 0 Å². The molecule has 0 aliphatic carbocycles. The third-order valence-corrected chi connectivity index (χ3v) is 5.89. The standard InChI is InChI=1S/C25H29FN4O2/c1-17(2)29(16-19-9-12-24(31)27-19)14-18-15-30(20-7-5-4-6-8-20)28-25(18)22-11-10-21(32-3)13-23(22)26/h4-8,10-11,13,15,17,19H,9,12,14,16H2,1-3H3,(H,27,31). The second kappa shape index (κ2) is 9.53. The van der Waals surface area contributed by atoms with E-state index >= 15 is 0 Å². The third kappa shape index (κ3) is 4.83. The van der Waals surface area contributed by atoms with Crippen LogP contribution in [0.25, 0.3) is 16.9 Å². The minimum Gasteiger partial charge on any atom is -0.497 e. The van der Waals surface area contributed by atoms with E-state index in [1.807, 2.05) is 36.5 Å². The minimum absolute atomic E-state index is 0.108. The van der Waals surface area contributed by atoms with Crippen molar-refractivity contribution in [3.05, 3.63) is 66.1 Å². The molecule has 3 aromatic rings. The van der Waals surface area contributed by atoms with Crippen molar-refractivity contribution >= 4 is 5.91 Å². The van der Waals surface area contributed by atoms with Gasteiger partial charge < -0.3 is 10.1 Å². The first-order valence-electron chi connectivity index (χ1n) is 11.0. The highest BCUT2D eigenvalue weighted by atomic mass is 19.1. The summed E-state index contributed by atoms with van der Waals surface area (Å²) in [4.78, 5) is 14.0. The number of nitrogens with one attached hydrogen (secondary N) is 1. The zero-order valence-electron chi connectivity index (χ0n) is 18.7. The minimum atomic E-state index is -0.372. The van der Waals surface area contributed by atoms with Gasteiger partial charge in [0.25, 0.3) is 0 Å². The topological polar surface area (TPSA) is 59.4 Å². The van der Waals surface area contributed by atoms with Crippen LogP contribution in [0.1, 0.15) is 32.3 Å². The second-order valence-electron chi connectivity index (χ2n) is 8.46. The third-order valence-electron chi connectivity index (χ3n) is 5.89. The lowest BCUT2D eigenvalue weighted by molar-refractivity contribution is -0.119. The van der Waals surface area contributed by atoms with E-state index in [-0.39, 0.29) is 23.8 Å². The number of hydrogen-bond donors (Lipinski definition) is 1. The zero-order chi connectivity index (χ0) is 22.7. The molecule has 7 heteroatoms. The van der Waals surface area contributed by atoms with Crippen molar-refractivity contribution in [1.29, 1.82) is 0 Å². The highest BCUT2D eigenvalue weighted by Gasteiger charge is 2.26. The smallest absolute Gasteiger partial charge is 0.220 e. The highest BCUT2D eigenvalue weighted by molar-refractivity contribution is 5.78. The van der Waals surface area contributed by atoms with Gasteiger partial charge in [0, 0.05) is 55.0 Å². The highest BCUT2D eigenvalue weighted by Crippen LogP contribution is 2.30. The summed E-state index contributed by atoms with van der Waals surface area (Å²) < 4.78 is 21.9.